The van der Waals surface area contributed by atoms with Crippen LogP contribution in [0.5, 0.6) is 0 Å². The Kier molecular flexibility index (Phi) is 7.02. The molecule has 2 heterocycles. The summed E-state index contributed by atoms with van der Waals surface area (Å²) in [7, 11) is 0. The van der Waals surface area contributed by atoms with Crippen molar-refractivity contribution < 1.29 is 0 Å². The molecule has 0 saturated heterocycles. The molecule has 8 aromatic carbocycles. The van der Waals surface area contributed by atoms with Crippen LogP contribution in [0.2, 0.25) is 0 Å². The van der Waals surface area contributed by atoms with Crippen molar-refractivity contribution in [3.8, 4) is 62.1 Å². The number of hydrogen-bond acceptors (Lipinski definition) is 3. The van der Waals surface area contributed by atoms with Crippen molar-refractivity contribution >= 4 is 48.9 Å². The third-order valence-corrected chi connectivity index (χ3v) is 11.8. The van der Waals surface area contributed by atoms with Crippen molar-refractivity contribution in [2.75, 3.05) is 0 Å². The molecule has 0 atom stereocenters. The number of benzene rings is 8. The van der Waals surface area contributed by atoms with Gasteiger partial charge in [0.2, 0.25) is 0 Å². The van der Waals surface area contributed by atoms with E-state index in [2.05, 4.69) is 168 Å². The van der Waals surface area contributed by atoms with Gasteiger partial charge < -0.3 is 4.57 Å². The van der Waals surface area contributed by atoms with Crippen molar-refractivity contribution in [1.29, 1.82) is 0 Å². The Labute approximate surface area is 329 Å². The highest BCUT2D eigenvalue weighted by molar-refractivity contribution is 6.33. The molecule has 0 N–H and O–H groups in total. The Balaban J connectivity index is 1.08. The van der Waals surface area contributed by atoms with Gasteiger partial charge >= 0.3 is 0 Å². The first-order chi connectivity index (χ1) is 28.3. The maximum Gasteiger partial charge on any atom is 0.164 e. The van der Waals surface area contributed by atoms with Crippen molar-refractivity contribution in [2.24, 2.45) is 0 Å². The third-order valence-electron chi connectivity index (χ3n) is 11.8. The Morgan fingerprint density at radius 1 is 0.421 bits per heavy atom. The van der Waals surface area contributed by atoms with Crippen LogP contribution in [0, 0.1) is 0 Å². The van der Waals surface area contributed by atoms with Crippen LogP contribution in [0.3, 0.4) is 0 Å². The molecule has 0 spiro atoms. The second kappa shape index (κ2) is 12.6. The lowest BCUT2D eigenvalue weighted by Gasteiger charge is -2.13. The molecule has 10 aromatic rings. The molecule has 0 aliphatic heterocycles. The normalized spacial score (nSPS) is 13.2. The number of nitrogens with zero attached hydrogens (tertiary/aromatic N) is 4. The lowest BCUT2D eigenvalue weighted by Crippen LogP contribution is -2.01. The van der Waals surface area contributed by atoms with E-state index < -0.39 is 0 Å². The van der Waals surface area contributed by atoms with E-state index in [-0.39, 0.29) is 0 Å². The monoisotopic (exact) mass is 726 g/mol. The van der Waals surface area contributed by atoms with Crippen molar-refractivity contribution in [3.63, 3.8) is 0 Å². The Morgan fingerprint density at radius 3 is 1.86 bits per heavy atom. The van der Waals surface area contributed by atoms with E-state index in [4.69, 9.17) is 15.0 Å². The van der Waals surface area contributed by atoms with Gasteiger partial charge in [-0.1, -0.05) is 158 Å². The zero-order valence-corrected chi connectivity index (χ0v) is 31.0. The van der Waals surface area contributed by atoms with E-state index in [0.29, 0.717) is 17.5 Å². The summed E-state index contributed by atoms with van der Waals surface area (Å²) in [4.78, 5) is 15.3. The minimum Gasteiger partial charge on any atom is -0.309 e. The third kappa shape index (κ3) is 4.97. The minimum atomic E-state index is 0.638. The average molecular weight is 727 g/mol. The van der Waals surface area contributed by atoms with E-state index in [9.17, 15) is 0 Å². The van der Waals surface area contributed by atoms with E-state index in [1.807, 2.05) is 18.2 Å². The fourth-order valence-electron chi connectivity index (χ4n) is 9.23. The molecule has 2 aromatic heterocycles. The number of hydrogen-bond donors (Lipinski definition) is 0. The zero-order chi connectivity index (χ0) is 37.5. The smallest absolute Gasteiger partial charge is 0.164 e. The molecule has 57 heavy (non-hydrogen) atoms. The van der Waals surface area contributed by atoms with E-state index in [1.54, 1.807) is 0 Å². The van der Waals surface area contributed by atoms with Crippen LogP contribution in [0.15, 0.2) is 182 Å². The molecule has 0 bridgehead atoms. The standard InChI is InChI=1S/C53H34N4/c1-3-13-33(14-4-1)34-25-27-37(28-26-34)52-54-51(36-16-5-2-6-17-36)55-53(56-52)38-18-11-19-39(31-38)57-46-30-29-35-15-7-8-20-40(35)49(46)50-44-24-12-23-43-41-21-9-10-22-42(41)45(48(43)44)32-47(50)57/h1-3,5-13,15-32H,4,14H2. The molecule has 0 fully saturated rings. The minimum absolute atomic E-state index is 0.638. The van der Waals surface area contributed by atoms with Gasteiger partial charge in [-0.15, -0.1) is 0 Å². The van der Waals surface area contributed by atoms with E-state index in [0.717, 1.165) is 35.2 Å². The Hall–Kier alpha value is -7.43. The van der Waals surface area contributed by atoms with Gasteiger partial charge in [0.15, 0.2) is 17.5 Å². The van der Waals surface area contributed by atoms with Crippen molar-refractivity contribution in [3.05, 3.63) is 188 Å². The lowest BCUT2D eigenvalue weighted by atomic mass is 9.96. The van der Waals surface area contributed by atoms with Crippen LogP contribution in [-0.4, -0.2) is 19.5 Å². The fourth-order valence-corrected chi connectivity index (χ4v) is 9.23. The first-order valence-corrected chi connectivity index (χ1v) is 19.7. The first kappa shape index (κ1) is 31.9. The lowest BCUT2D eigenvalue weighted by molar-refractivity contribution is 1.05. The van der Waals surface area contributed by atoms with Crippen molar-refractivity contribution in [2.45, 2.75) is 12.8 Å². The van der Waals surface area contributed by atoms with Gasteiger partial charge in [-0.3, -0.25) is 0 Å². The highest BCUT2D eigenvalue weighted by atomic mass is 15.0. The summed E-state index contributed by atoms with van der Waals surface area (Å²) in [6.45, 7) is 0. The van der Waals surface area contributed by atoms with Gasteiger partial charge in [-0.25, -0.2) is 15.0 Å². The number of fused-ring (bicyclic) bond motifs is 9. The molecule has 0 radical (unpaired) electrons. The van der Waals surface area contributed by atoms with Crippen LogP contribution in [0.25, 0.3) is 111 Å². The maximum atomic E-state index is 5.17. The maximum absolute atomic E-state index is 5.17. The summed E-state index contributed by atoms with van der Waals surface area (Å²) >= 11 is 0. The zero-order valence-electron chi connectivity index (χ0n) is 31.0. The summed E-state index contributed by atoms with van der Waals surface area (Å²) in [6, 6.07) is 58.9. The topological polar surface area (TPSA) is 43.6 Å². The SMILES string of the molecule is C1=CCCC(c2ccc(-c3nc(-c4ccccc4)nc(-c4cccc(-n5c6ccc7ccccc7c6c6c7cccc8c7c(cc65)-c5ccccc5-8)c4)n3)cc2)=C1. The van der Waals surface area contributed by atoms with Gasteiger partial charge in [0.1, 0.15) is 0 Å². The Bertz CT molecular complexity index is 3330. The summed E-state index contributed by atoms with van der Waals surface area (Å²) < 4.78 is 2.44. The van der Waals surface area contributed by atoms with Crippen LogP contribution in [0.4, 0.5) is 0 Å². The number of aromatic nitrogens is 4. The summed E-state index contributed by atoms with van der Waals surface area (Å²) in [5, 5.41) is 7.64. The molecule has 0 unspecified atom stereocenters. The molecule has 266 valence electrons. The molecule has 2 aliphatic carbocycles. The molecule has 2 aliphatic rings. The number of rotatable bonds is 5. The van der Waals surface area contributed by atoms with Crippen LogP contribution < -0.4 is 0 Å². The molecule has 0 amide bonds. The fraction of sp³-hybridized carbons (Fsp3) is 0.0377. The Morgan fingerprint density at radius 2 is 1.05 bits per heavy atom. The highest BCUT2D eigenvalue weighted by Gasteiger charge is 2.26. The summed E-state index contributed by atoms with van der Waals surface area (Å²) in [6.07, 6.45) is 8.71. The molecular weight excluding hydrogens is 693 g/mol. The second-order valence-corrected chi connectivity index (χ2v) is 15.1. The van der Waals surface area contributed by atoms with Gasteiger partial charge in [-0.2, -0.15) is 0 Å². The second-order valence-electron chi connectivity index (χ2n) is 15.1. The first-order valence-electron chi connectivity index (χ1n) is 19.7. The number of allylic oxidation sites excluding steroid dienone is 4. The molecule has 4 nitrogen and oxygen atoms in total. The largest absolute Gasteiger partial charge is 0.309 e. The van der Waals surface area contributed by atoms with Gasteiger partial charge in [0.25, 0.3) is 0 Å². The predicted octanol–water partition coefficient (Wildman–Crippen LogP) is 13.7. The molecular formula is C53H34N4. The average Bonchev–Trinajstić information content (AvgIpc) is 3.81. The van der Waals surface area contributed by atoms with Gasteiger partial charge in [-0.05, 0) is 92.0 Å². The predicted molar refractivity (Wildman–Crippen MR) is 236 cm³/mol. The van der Waals surface area contributed by atoms with E-state index in [1.165, 1.54) is 76.7 Å². The van der Waals surface area contributed by atoms with E-state index >= 15 is 0 Å². The van der Waals surface area contributed by atoms with Gasteiger partial charge in [0, 0.05) is 33.2 Å². The van der Waals surface area contributed by atoms with Crippen LogP contribution >= 0.6 is 0 Å². The molecule has 0 saturated carbocycles. The van der Waals surface area contributed by atoms with Gasteiger partial charge in [0.05, 0.1) is 11.0 Å². The van der Waals surface area contributed by atoms with Crippen molar-refractivity contribution in [1.82, 2.24) is 19.5 Å². The quantitative estimate of drug-likeness (QED) is 0.177. The highest BCUT2D eigenvalue weighted by Crippen LogP contribution is 2.51. The van der Waals surface area contributed by atoms with Crippen LogP contribution in [-0.2, 0) is 0 Å². The molecule has 12 rings (SSSR count). The summed E-state index contributed by atoms with van der Waals surface area (Å²) in [5.74, 6) is 1.94. The molecule has 4 heteroatoms. The van der Waals surface area contributed by atoms with Crippen LogP contribution in [0.1, 0.15) is 18.4 Å². The summed E-state index contributed by atoms with van der Waals surface area (Å²) in [5.41, 5.74) is 14.0.